The SMILES string of the molecule is C=C(C)CCC(NN)c1cc(F)c(F)c(F)c1. The molecule has 17 heavy (non-hydrogen) atoms. The summed E-state index contributed by atoms with van der Waals surface area (Å²) in [6, 6.07) is 1.46. The summed E-state index contributed by atoms with van der Waals surface area (Å²) in [6.07, 6.45) is 1.20. The molecule has 0 saturated carbocycles. The summed E-state index contributed by atoms with van der Waals surface area (Å²) >= 11 is 0. The lowest BCUT2D eigenvalue weighted by atomic mass is 10.00. The maximum Gasteiger partial charge on any atom is 0.194 e. The van der Waals surface area contributed by atoms with Crippen LogP contribution in [0.4, 0.5) is 13.2 Å². The molecule has 1 atom stereocenters. The number of nitrogens with one attached hydrogen (secondary N) is 1. The van der Waals surface area contributed by atoms with Gasteiger partial charge in [0.25, 0.3) is 0 Å². The van der Waals surface area contributed by atoms with Gasteiger partial charge < -0.3 is 0 Å². The first-order chi connectivity index (χ1) is 7.95. The van der Waals surface area contributed by atoms with Gasteiger partial charge in [0.1, 0.15) is 0 Å². The molecular weight excluding hydrogens is 229 g/mol. The number of halogens is 3. The van der Waals surface area contributed by atoms with E-state index in [4.69, 9.17) is 5.84 Å². The van der Waals surface area contributed by atoms with E-state index in [1.807, 2.05) is 6.92 Å². The second-order valence-corrected chi connectivity index (χ2v) is 4.01. The van der Waals surface area contributed by atoms with Crippen LogP contribution < -0.4 is 11.3 Å². The number of benzene rings is 1. The highest BCUT2D eigenvalue weighted by atomic mass is 19.2. The fraction of sp³-hybridized carbons (Fsp3) is 0.333. The van der Waals surface area contributed by atoms with Crippen molar-refractivity contribution in [2.75, 3.05) is 0 Å². The third-order valence-electron chi connectivity index (χ3n) is 2.47. The topological polar surface area (TPSA) is 38.0 Å². The Morgan fingerprint density at radius 3 is 2.29 bits per heavy atom. The lowest BCUT2D eigenvalue weighted by Crippen LogP contribution is -2.28. The minimum Gasteiger partial charge on any atom is -0.271 e. The third-order valence-corrected chi connectivity index (χ3v) is 2.47. The Morgan fingerprint density at radius 2 is 1.88 bits per heavy atom. The van der Waals surface area contributed by atoms with Crippen LogP contribution in [-0.2, 0) is 0 Å². The zero-order valence-electron chi connectivity index (χ0n) is 9.56. The molecule has 0 radical (unpaired) electrons. The van der Waals surface area contributed by atoms with Crippen molar-refractivity contribution in [3.8, 4) is 0 Å². The molecular formula is C12H15F3N2. The van der Waals surface area contributed by atoms with Crippen molar-refractivity contribution in [1.29, 1.82) is 0 Å². The van der Waals surface area contributed by atoms with Gasteiger partial charge in [-0.05, 0) is 37.5 Å². The molecule has 1 rings (SSSR count). The van der Waals surface area contributed by atoms with Crippen molar-refractivity contribution in [1.82, 2.24) is 5.43 Å². The van der Waals surface area contributed by atoms with E-state index in [1.165, 1.54) is 0 Å². The minimum absolute atomic E-state index is 0.283. The van der Waals surface area contributed by atoms with Crippen LogP contribution in [0.25, 0.3) is 0 Å². The third kappa shape index (κ3) is 3.57. The number of nitrogens with two attached hydrogens (primary N) is 1. The molecule has 94 valence electrons. The highest BCUT2D eigenvalue weighted by Gasteiger charge is 2.16. The van der Waals surface area contributed by atoms with Crippen LogP contribution in [0.3, 0.4) is 0 Å². The Labute approximate surface area is 98.3 Å². The monoisotopic (exact) mass is 244 g/mol. The van der Waals surface area contributed by atoms with Gasteiger partial charge in [0, 0.05) is 6.04 Å². The van der Waals surface area contributed by atoms with Crippen LogP contribution in [0.5, 0.6) is 0 Å². The zero-order chi connectivity index (χ0) is 13.0. The van der Waals surface area contributed by atoms with Crippen LogP contribution >= 0.6 is 0 Å². The van der Waals surface area contributed by atoms with Gasteiger partial charge in [-0.25, -0.2) is 13.2 Å². The van der Waals surface area contributed by atoms with Gasteiger partial charge in [-0.1, -0.05) is 5.57 Å². The first-order valence-corrected chi connectivity index (χ1v) is 5.20. The molecule has 0 saturated heterocycles. The molecule has 0 aliphatic rings. The van der Waals surface area contributed by atoms with E-state index in [0.29, 0.717) is 12.8 Å². The molecule has 1 aromatic carbocycles. The van der Waals surface area contributed by atoms with Gasteiger partial charge in [0.2, 0.25) is 0 Å². The fourth-order valence-corrected chi connectivity index (χ4v) is 1.51. The quantitative estimate of drug-likeness (QED) is 0.361. The van der Waals surface area contributed by atoms with Gasteiger partial charge in [-0.2, -0.15) is 0 Å². The Hall–Kier alpha value is -1.33. The predicted molar refractivity (Wildman–Crippen MR) is 60.4 cm³/mol. The van der Waals surface area contributed by atoms with Gasteiger partial charge in [-0.3, -0.25) is 11.3 Å². The molecule has 0 fully saturated rings. The number of rotatable bonds is 5. The van der Waals surface area contributed by atoms with Gasteiger partial charge in [0.05, 0.1) is 0 Å². The van der Waals surface area contributed by atoms with Crippen molar-refractivity contribution in [3.05, 3.63) is 47.3 Å². The Bertz CT molecular complexity index is 395. The summed E-state index contributed by atoms with van der Waals surface area (Å²) in [5, 5.41) is 0. The second-order valence-electron chi connectivity index (χ2n) is 4.01. The summed E-state index contributed by atoms with van der Waals surface area (Å²) in [5.41, 5.74) is 3.67. The van der Waals surface area contributed by atoms with Crippen LogP contribution in [0.15, 0.2) is 24.3 Å². The Balaban J connectivity index is 2.92. The van der Waals surface area contributed by atoms with Crippen LogP contribution in [0.2, 0.25) is 0 Å². The summed E-state index contributed by atoms with van der Waals surface area (Å²) < 4.78 is 38.8. The van der Waals surface area contributed by atoms with Crippen molar-refractivity contribution >= 4 is 0 Å². The molecule has 5 heteroatoms. The van der Waals surface area contributed by atoms with E-state index >= 15 is 0 Å². The van der Waals surface area contributed by atoms with Crippen LogP contribution in [0.1, 0.15) is 31.4 Å². The molecule has 0 aromatic heterocycles. The highest BCUT2D eigenvalue weighted by molar-refractivity contribution is 5.22. The van der Waals surface area contributed by atoms with Crippen molar-refractivity contribution in [2.45, 2.75) is 25.8 Å². The molecule has 0 bridgehead atoms. The number of hydrogen-bond donors (Lipinski definition) is 2. The summed E-state index contributed by atoms with van der Waals surface area (Å²) in [4.78, 5) is 0. The lowest BCUT2D eigenvalue weighted by Gasteiger charge is -2.16. The molecule has 0 amide bonds. The normalized spacial score (nSPS) is 12.5. The van der Waals surface area contributed by atoms with Crippen molar-refractivity contribution < 1.29 is 13.2 Å². The molecule has 1 unspecified atom stereocenters. The van der Waals surface area contributed by atoms with Gasteiger partial charge in [0.15, 0.2) is 17.5 Å². The molecule has 0 aliphatic carbocycles. The maximum atomic E-state index is 13.0. The largest absolute Gasteiger partial charge is 0.271 e. The average Bonchev–Trinajstić information content (AvgIpc) is 2.26. The predicted octanol–water partition coefficient (Wildman–Crippen LogP) is 2.96. The fourth-order valence-electron chi connectivity index (χ4n) is 1.51. The number of hydrogen-bond acceptors (Lipinski definition) is 2. The first-order valence-electron chi connectivity index (χ1n) is 5.20. The number of allylic oxidation sites excluding steroid dienone is 1. The van der Waals surface area contributed by atoms with E-state index in [2.05, 4.69) is 12.0 Å². The van der Waals surface area contributed by atoms with Gasteiger partial charge in [-0.15, -0.1) is 6.58 Å². The maximum absolute atomic E-state index is 13.0. The van der Waals surface area contributed by atoms with E-state index in [9.17, 15) is 13.2 Å². The summed E-state index contributed by atoms with van der Waals surface area (Å²) in [6.45, 7) is 5.57. The van der Waals surface area contributed by atoms with E-state index in [0.717, 1.165) is 17.7 Å². The van der Waals surface area contributed by atoms with Crippen molar-refractivity contribution in [2.24, 2.45) is 5.84 Å². The molecule has 2 nitrogen and oxygen atoms in total. The molecule has 3 N–H and O–H groups in total. The van der Waals surface area contributed by atoms with Crippen LogP contribution in [-0.4, -0.2) is 0 Å². The molecule has 0 spiro atoms. The van der Waals surface area contributed by atoms with Crippen LogP contribution in [0, 0.1) is 17.5 Å². The van der Waals surface area contributed by atoms with E-state index in [1.54, 1.807) is 0 Å². The first kappa shape index (κ1) is 13.7. The molecule has 0 aliphatic heterocycles. The second kappa shape index (κ2) is 5.84. The summed E-state index contributed by atoms with van der Waals surface area (Å²) in [7, 11) is 0. The standard InChI is InChI=1S/C12H15F3N2/c1-7(2)3-4-11(17-16)8-5-9(13)12(15)10(14)6-8/h5-6,11,17H,1,3-4,16H2,2H3. The van der Waals surface area contributed by atoms with E-state index < -0.39 is 23.5 Å². The molecule has 1 aromatic rings. The van der Waals surface area contributed by atoms with Crippen molar-refractivity contribution in [3.63, 3.8) is 0 Å². The summed E-state index contributed by atoms with van der Waals surface area (Å²) in [5.74, 6) is 1.42. The Morgan fingerprint density at radius 1 is 1.35 bits per heavy atom. The molecule has 0 heterocycles. The van der Waals surface area contributed by atoms with Gasteiger partial charge >= 0.3 is 0 Å². The number of hydrazine groups is 1. The lowest BCUT2D eigenvalue weighted by molar-refractivity contribution is 0.437. The van der Waals surface area contributed by atoms with E-state index in [-0.39, 0.29) is 5.56 Å². The average molecular weight is 244 g/mol. The Kier molecular flexibility index (Phi) is 4.72. The highest BCUT2D eigenvalue weighted by Crippen LogP contribution is 2.23. The minimum atomic E-state index is -1.47. The smallest absolute Gasteiger partial charge is 0.194 e. The zero-order valence-corrected chi connectivity index (χ0v) is 9.56.